The fraction of sp³-hybridized carbons (Fsp3) is 0.0435. The largest absolute Gasteiger partial charge is 0.454 e. The molecule has 142 valence electrons. The summed E-state index contributed by atoms with van der Waals surface area (Å²) < 4.78 is 24.3. The molecule has 0 spiro atoms. The zero-order valence-electron chi connectivity index (χ0n) is 15.2. The Bertz CT molecular complexity index is 1260. The summed E-state index contributed by atoms with van der Waals surface area (Å²) in [5.74, 6) is 0.571. The number of halogens is 1. The SMILES string of the molecule is O=C(Nc1cccc(F)c1)c1cc(-c2ccc3c(c2)OCO3)nc2ccccc12. The number of fused-ring (bicyclic) bond motifs is 2. The van der Waals surface area contributed by atoms with E-state index in [1.807, 2.05) is 42.5 Å². The van der Waals surface area contributed by atoms with E-state index in [0.717, 1.165) is 5.56 Å². The summed E-state index contributed by atoms with van der Waals surface area (Å²) in [7, 11) is 0. The fourth-order valence-corrected chi connectivity index (χ4v) is 3.33. The molecule has 0 aliphatic carbocycles. The van der Waals surface area contributed by atoms with Gasteiger partial charge in [0.2, 0.25) is 6.79 Å². The van der Waals surface area contributed by atoms with Gasteiger partial charge in [-0.05, 0) is 48.5 Å². The molecule has 0 bridgehead atoms. The number of rotatable bonds is 3. The average molecular weight is 386 g/mol. The summed E-state index contributed by atoms with van der Waals surface area (Å²) in [6.07, 6.45) is 0. The van der Waals surface area contributed by atoms with Gasteiger partial charge in [-0.1, -0.05) is 24.3 Å². The maximum Gasteiger partial charge on any atom is 0.256 e. The molecule has 2 heterocycles. The van der Waals surface area contributed by atoms with Crippen molar-refractivity contribution in [3.63, 3.8) is 0 Å². The van der Waals surface area contributed by atoms with Gasteiger partial charge in [0.05, 0.1) is 16.8 Å². The summed E-state index contributed by atoms with van der Waals surface area (Å²) >= 11 is 0. The van der Waals surface area contributed by atoms with Crippen LogP contribution in [0, 0.1) is 5.82 Å². The second kappa shape index (κ2) is 6.91. The van der Waals surface area contributed by atoms with Crippen molar-refractivity contribution < 1.29 is 18.7 Å². The van der Waals surface area contributed by atoms with Crippen molar-refractivity contribution in [2.45, 2.75) is 0 Å². The van der Waals surface area contributed by atoms with Crippen LogP contribution in [0.3, 0.4) is 0 Å². The number of amides is 1. The molecule has 3 aromatic carbocycles. The number of anilines is 1. The number of carbonyl (C=O) groups is 1. The van der Waals surface area contributed by atoms with Crippen molar-refractivity contribution in [2.75, 3.05) is 12.1 Å². The van der Waals surface area contributed by atoms with E-state index >= 15 is 0 Å². The van der Waals surface area contributed by atoms with Crippen LogP contribution in [0.15, 0.2) is 72.8 Å². The third-order valence-corrected chi connectivity index (χ3v) is 4.71. The Kier molecular flexibility index (Phi) is 4.09. The third-order valence-electron chi connectivity index (χ3n) is 4.71. The number of ether oxygens (including phenoxy) is 2. The Morgan fingerprint density at radius 2 is 1.79 bits per heavy atom. The average Bonchev–Trinajstić information content (AvgIpc) is 3.21. The van der Waals surface area contributed by atoms with Crippen molar-refractivity contribution in [1.29, 1.82) is 0 Å². The van der Waals surface area contributed by atoms with Gasteiger partial charge in [-0.3, -0.25) is 4.79 Å². The van der Waals surface area contributed by atoms with Gasteiger partial charge in [-0.15, -0.1) is 0 Å². The molecule has 1 N–H and O–H groups in total. The summed E-state index contributed by atoms with van der Waals surface area (Å²) in [5.41, 5.74) is 2.96. The van der Waals surface area contributed by atoms with Gasteiger partial charge < -0.3 is 14.8 Å². The summed E-state index contributed by atoms with van der Waals surface area (Å²) in [5, 5.41) is 3.47. The van der Waals surface area contributed by atoms with Crippen molar-refractivity contribution >= 4 is 22.5 Å². The Morgan fingerprint density at radius 3 is 2.69 bits per heavy atom. The molecule has 29 heavy (non-hydrogen) atoms. The number of nitrogens with one attached hydrogen (secondary N) is 1. The number of nitrogens with zero attached hydrogens (tertiary/aromatic N) is 1. The highest BCUT2D eigenvalue weighted by Crippen LogP contribution is 2.36. The number of para-hydroxylation sites is 1. The lowest BCUT2D eigenvalue weighted by Gasteiger charge is -2.11. The molecule has 6 heteroatoms. The lowest BCUT2D eigenvalue weighted by atomic mass is 10.0. The maximum absolute atomic E-state index is 13.5. The smallest absolute Gasteiger partial charge is 0.256 e. The predicted octanol–water partition coefficient (Wildman–Crippen LogP) is 5.02. The standard InChI is InChI=1S/C23H15FN2O3/c24-15-4-3-5-16(11-15)25-23(27)18-12-20(26-19-7-2-1-6-17(18)19)14-8-9-21-22(10-14)29-13-28-21/h1-12H,13H2,(H,25,27). The molecular formula is C23H15FN2O3. The van der Waals surface area contributed by atoms with Gasteiger partial charge in [0.15, 0.2) is 11.5 Å². The first kappa shape index (κ1) is 17.2. The highest BCUT2D eigenvalue weighted by Gasteiger charge is 2.17. The van der Waals surface area contributed by atoms with Crippen LogP contribution in [-0.4, -0.2) is 17.7 Å². The molecule has 0 saturated carbocycles. The van der Waals surface area contributed by atoms with Crippen LogP contribution in [0.1, 0.15) is 10.4 Å². The Morgan fingerprint density at radius 1 is 0.931 bits per heavy atom. The molecule has 0 radical (unpaired) electrons. The zero-order valence-corrected chi connectivity index (χ0v) is 15.2. The van der Waals surface area contributed by atoms with Crippen LogP contribution in [0.4, 0.5) is 10.1 Å². The molecule has 4 aromatic rings. The van der Waals surface area contributed by atoms with Crippen LogP contribution in [0.5, 0.6) is 11.5 Å². The molecule has 1 aromatic heterocycles. The molecule has 5 nitrogen and oxygen atoms in total. The quantitative estimate of drug-likeness (QED) is 0.537. The van der Waals surface area contributed by atoms with Crippen molar-refractivity contribution in [3.05, 3.63) is 84.2 Å². The topological polar surface area (TPSA) is 60.5 Å². The minimum Gasteiger partial charge on any atom is -0.454 e. The van der Waals surface area contributed by atoms with E-state index in [-0.39, 0.29) is 12.7 Å². The van der Waals surface area contributed by atoms with Crippen LogP contribution >= 0.6 is 0 Å². The number of hydrogen-bond acceptors (Lipinski definition) is 4. The molecule has 0 saturated heterocycles. The molecule has 0 atom stereocenters. The van der Waals surface area contributed by atoms with E-state index in [0.29, 0.717) is 39.3 Å². The lowest BCUT2D eigenvalue weighted by molar-refractivity contribution is 0.102. The number of pyridine rings is 1. The highest BCUT2D eigenvalue weighted by atomic mass is 19.1. The predicted molar refractivity (Wildman–Crippen MR) is 108 cm³/mol. The first-order valence-corrected chi connectivity index (χ1v) is 9.04. The normalized spacial score (nSPS) is 12.2. The van der Waals surface area contributed by atoms with Gasteiger partial charge in [0, 0.05) is 16.6 Å². The number of hydrogen-bond donors (Lipinski definition) is 1. The molecule has 1 amide bonds. The van der Waals surface area contributed by atoms with Gasteiger partial charge >= 0.3 is 0 Å². The van der Waals surface area contributed by atoms with Gasteiger partial charge in [0.25, 0.3) is 5.91 Å². The van der Waals surface area contributed by atoms with Gasteiger partial charge in [-0.2, -0.15) is 0 Å². The molecular weight excluding hydrogens is 371 g/mol. The molecule has 1 aliphatic rings. The van der Waals surface area contributed by atoms with E-state index in [2.05, 4.69) is 5.32 Å². The Hall–Kier alpha value is -3.93. The fourth-order valence-electron chi connectivity index (χ4n) is 3.33. The summed E-state index contributed by atoms with van der Waals surface area (Å²) in [6, 6.07) is 20.5. The second-order valence-electron chi connectivity index (χ2n) is 6.60. The molecule has 1 aliphatic heterocycles. The summed E-state index contributed by atoms with van der Waals surface area (Å²) in [4.78, 5) is 17.7. The van der Waals surface area contributed by atoms with Crippen molar-refractivity contribution in [3.8, 4) is 22.8 Å². The molecule has 5 rings (SSSR count). The monoisotopic (exact) mass is 386 g/mol. The van der Waals surface area contributed by atoms with E-state index in [1.54, 1.807) is 18.2 Å². The second-order valence-corrected chi connectivity index (χ2v) is 6.60. The minimum atomic E-state index is -0.413. The van der Waals surface area contributed by atoms with Gasteiger partial charge in [0.1, 0.15) is 5.82 Å². The minimum absolute atomic E-state index is 0.186. The van der Waals surface area contributed by atoms with Gasteiger partial charge in [-0.25, -0.2) is 9.37 Å². The molecule has 0 unspecified atom stereocenters. The van der Waals surface area contributed by atoms with E-state index in [1.165, 1.54) is 12.1 Å². The van der Waals surface area contributed by atoms with Crippen molar-refractivity contribution in [1.82, 2.24) is 4.98 Å². The Balaban J connectivity index is 1.60. The highest BCUT2D eigenvalue weighted by molar-refractivity contribution is 6.13. The van der Waals surface area contributed by atoms with E-state index in [4.69, 9.17) is 14.5 Å². The number of benzene rings is 3. The lowest BCUT2D eigenvalue weighted by Crippen LogP contribution is -2.13. The van der Waals surface area contributed by atoms with Crippen molar-refractivity contribution in [2.24, 2.45) is 0 Å². The number of aromatic nitrogens is 1. The summed E-state index contributed by atoms with van der Waals surface area (Å²) in [6.45, 7) is 0.186. The van der Waals surface area contributed by atoms with E-state index in [9.17, 15) is 9.18 Å². The number of carbonyl (C=O) groups excluding carboxylic acids is 1. The van der Waals surface area contributed by atoms with Crippen LogP contribution in [0.2, 0.25) is 0 Å². The van der Waals surface area contributed by atoms with E-state index < -0.39 is 5.82 Å². The van der Waals surface area contributed by atoms with Crippen LogP contribution in [-0.2, 0) is 0 Å². The Labute approximate surface area is 165 Å². The molecule has 0 fully saturated rings. The van der Waals surface area contributed by atoms with Crippen LogP contribution < -0.4 is 14.8 Å². The third kappa shape index (κ3) is 3.25. The first-order valence-electron chi connectivity index (χ1n) is 9.04. The maximum atomic E-state index is 13.5. The van der Waals surface area contributed by atoms with Crippen LogP contribution in [0.25, 0.3) is 22.2 Å². The zero-order chi connectivity index (χ0) is 19.8. The first-order chi connectivity index (χ1) is 14.2.